The monoisotopic (exact) mass is 384 g/mol. The van der Waals surface area contributed by atoms with Crippen LogP contribution in [0.25, 0.3) is 22.2 Å². The maximum absolute atomic E-state index is 11.5. The number of carboxylic acids is 1. The minimum atomic E-state index is -1.24. The molecule has 0 atom stereocenters. The highest BCUT2D eigenvalue weighted by Crippen LogP contribution is 2.35. The van der Waals surface area contributed by atoms with Crippen LogP contribution in [0.2, 0.25) is 0 Å². The van der Waals surface area contributed by atoms with Crippen molar-refractivity contribution in [2.24, 2.45) is 0 Å². The second-order valence-corrected chi connectivity index (χ2v) is 6.28. The van der Waals surface area contributed by atoms with Gasteiger partial charge in [-0.3, -0.25) is 0 Å². The first-order chi connectivity index (χ1) is 11.6. The van der Waals surface area contributed by atoms with Crippen molar-refractivity contribution in [2.45, 2.75) is 0 Å². The first kappa shape index (κ1) is 15.0. The van der Waals surface area contributed by atoms with E-state index in [1.807, 2.05) is 12.1 Å². The lowest BCUT2D eigenvalue weighted by Crippen LogP contribution is -2.22. The summed E-state index contributed by atoms with van der Waals surface area (Å²) in [5, 5.41) is 12.1. The standard InChI is InChI=1S/C18H12BrNO4/c19-11-2-3-14-12(8-11)13(18(21)22)9-15(20-14)10-1-4-16-17(7-10)24-6-5-23-16/h1-4,7-9H,5-6H2,(H,21,22)/p-1. The summed E-state index contributed by atoms with van der Waals surface area (Å²) >= 11 is 3.35. The van der Waals surface area contributed by atoms with Crippen LogP contribution in [-0.2, 0) is 0 Å². The molecule has 5 nitrogen and oxygen atoms in total. The number of aromatic nitrogens is 1. The number of benzene rings is 2. The normalized spacial score (nSPS) is 13.0. The van der Waals surface area contributed by atoms with Gasteiger partial charge < -0.3 is 19.4 Å². The fourth-order valence-corrected chi connectivity index (χ4v) is 3.08. The highest BCUT2D eigenvalue weighted by atomic mass is 79.9. The Morgan fingerprint density at radius 3 is 2.62 bits per heavy atom. The van der Waals surface area contributed by atoms with Crippen molar-refractivity contribution in [3.05, 3.63) is 52.5 Å². The Kier molecular flexibility index (Phi) is 3.61. The Bertz CT molecular complexity index is 971. The molecule has 1 aliphatic rings. The average molecular weight is 385 g/mol. The van der Waals surface area contributed by atoms with Gasteiger partial charge in [0.25, 0.3) is 0 Å². The van der Waals surface area contributed by atoms with E-state index in [0.29, 0.717) is 41.3 Å². The fraction of sp³-hybridized carbons (Fsp3) is 0.111. The maximum Gasteiger partial charge on any atom is 0.162 e. The van der Waals surface area contributed by atoms with Crippen molar-refractivity contribution in [3.63, 3.8) is 0 Å². The number of carbonyl (C=O) groups excluding carboxylic acids is 1. The van der Waals surface area contributed by atoms with Crippen LogP contribution in [0.1, 0.15) is 10.4 Å². The van der Waals surface area contributed by atoms with Gasteiger partial charge in [0.2, 0.25) is 0 Å². The van der Waals surface area contributed by atoms with Gasteiger partial charge >= 0.3 is 0 Å². The van der Waals surface area contributed by atoms with Crippen LogP contribution in [0, 0.1) is 0 Å². The third-order valence-corrected chi connectivity index (χ3v) is 4.32. The van der Waals surface area contributed by atoms with Gasteiger partial charge in [-0.05, 0) is 42.5 Å². The van der Waals surface area contributed by atoms with E-state index in [1.54, 1.807) is 24.3 Å². The molecule has 120 valence electrons. The lowest BCUT2D eigenvalue weighted by molar-refractivity contribution is -0.254. The number of carbonyl (C=O) groups is 1. The summed E-state index contributed by atoms with van der Waals surface area (Å²) in [6.07, 6.45) is 0. The van der Waals surface area contributed by atoms with Crippen molar-refractivity contribution in [2.75, 3.05) is 13.2 Å². The lowest BCUT2D eigenvalue weighted by atomic mass is 10.0. The van der Waals surface area contributed by atoms with Crippen LogP contribution in [0.3, 0.4) is 0 Å². The molecule has 2 heterocycles. The quantitative estimate of drug-likeness (QED) is 0.679. The fourth-order valence-electron chi connectivity index (χ4n) is 2.72. The second-order valence-electron chi connectivity index (χ2n) is 5.36. The van der Waals surface area contributed by atoms with E-state index in [1.165, 1.54) is 6.07 Å². The van der Waals surface area contributed by atoms with Crippen LogP contribution in [-0.4, -0.2) is 24.2 Å². The van der Waals surface area contributed by atoms with E-state index in [9.17, 15) is 9.90 Å². The van der Waals surface area contributed by atoms with E-state index in [0.717, 1.165) is 10.0 Å². The highest BCUT2D eigenvalue weighted by Gasteiger charge is 2.14. The Balaban J connectivity index is 1.91. The molecule has 0 amide bonds. The molecule has 3 aromatic rings. The van der Waals surface area contributed by atoms with Gasteiger partial charge in [0.05, 0.1) is 17.2 Å². The van der Waals surface area contributed by atoms with Crippen molar-refractivity contribution < 1.29 is 19.4 Å². The summed E-state index contributed by atoms with van der Waals surface area (Å²) < 4.78 is 11.9. The molecule has 0 unspecified atom stereocenters. The van der Waals surface area contributed by atoms with Gasteiger partial charge in [-0.15, -0.1) is 0 Å². The third kappa shape index (κ3) is 2.59. The number of pyridine rings is 1. The second kappa shape index (κ2) is 5.79. The van der Waals surface area contributed by atoms with Crippen LogP contribution in [0.15, 0.2) is 46.9 Å². The molecule has 0 saturated carbocycles. The Labute approximate surface area is 146 Å². The van der Waals surface area contributed by atoms with E-state index < -0.39 is 5.97 Å². The number of rotatable bonds is 2. The molecule has 0 fully saturated rings. The number of fused-ring (bicyclic) bond motifs is 2. The topological polar surface area (TPSA) is 71.5 Å². The number of carboxylic acid groups (broad SMARTS) is 1. The van der Waals surface area contributed by atoms with Crippen molar-refractivity contribution in [3.8, 4) is 22.8 Å². The van der Waals surface area contributed by atoms with Crippen molar-refractivity contribution >= 4 is 32.8 Å². The van der Waals surface area contributed by atoms with Crippen LogP contribution < -0.4 is 14.6 Å². The number of hydrogen-bond acceptors (Lipinski definition) is 5. The zero-order valence-corrected chi connectivity index (χ0v) is 14.0. The lowest BCUT2D eigenvalue weighted by Gasteiger charge is -2.19. The van der Waals surface area contributed by atoms with Crippen LogP contribution >= 0.6 is 15.9 Å². The van der Waals surface area contributed by atoms with Gasteiger partial charge in [0.1, 0.15) is 13.2 Å². The minimum absolute atomic E-state index is 0.103. The van der Waals surface area contributed by atoms with Gasteiger partial charge in [-0.2, -0.15) is 0 Å². The zero-order chi connectivity index (χ0) is 16.7. The summed E-state index contributed by atoms with van der Waals surface area (Å²) in [5.41, 5.74) is 1.99. The molecular formula is C18H11BrNO4-. The van der Waals surface area contributed by atoms with Crippen LogP contribution in [0.4, 0.5) is 0 Å². The van der Waals surface area contributed by atoms with Crippen LogP contribution in [0.5, 0.6) is 11.5 Å². The zero-order valence-electron chi connectivity index (χ0n) is 12.4. The van der Waals surface area contributed by atoms with E-state index in [4.69, 9.17) is 9.47 Å². The molecule has 1 aromatic heterocycles. The van der Waals surface area contributed by atoms with Crippen molar-refractivity contribution in [1.29, 1.82) is 0 Å². The van der Waals surface area contributed by atoms with Gasteiger partial charge in [0.15, 0.2) is 11.5 Å². The first-order valence-electron chi connectivity index (χ1n) is 7.33. The average Bonchev–Trinajstić information content (AvgIpc) is 2.60. The number of halogens is 1. The van der Waals surface area contributed by atoms with Gasteiger partial charge in [0, 0.05) is 21.0 Å². The highest BCUT2D eigenvalue weighted by molar-refractivity contribution is 9.10. The summed E-state index contributed by atoms with van der Waals surface area (Å²) in [4.78, 5) is 16.1. The molecule has 24 heavy (non-hydrogen) atoms. The van der Waals surface area contributed by atoms with E-state index in [2.05, 4.69) is 20.9 Å². The number of aromatic carboxylic acids is 1. The predicted molar refractivity (Wildman–Crippen MR) is 90.2 cm³/mol. The Morgan fingerprint density at radius 1 is 1.04 bits per heavy atom. The first-order valence-corrected chi connectivity index (χ1v) is 8.13. The summed E-state index contributed by atoms with van der Waals surface area (Å²) in [6, 6.07) is 12.3. The molecule has 0 bridgehead atoms. The summed E-state index contributed by atoms with van der Waals surface area (Å²) in [7, 11) is 0. The Hall–Kier alpha value is -2.60. The van der Waals surface area contributed by atoms with Gasteiger partial charge in [-0.25, -0.2) is 4.98 Å². The molecule has 1 aliphatic heterocycles. The molecule has 0 spiro atoms. The molecule has 6 heteroatoms. The SMILES string of the molecule is O=C([O-])c1cc(-c2ccc3c(c2)OCCO3)nc2ccc(Br)cc12. The largest absolute Gasteiger partial charge is 0.545 e. The number of hydrogen-bond donors (Lipinski definition) is 0. The third-order valence-electron chi connectivity index (χ3n) is 3.83. The predicted octanol–water partition coefficient (Wildman–Crippen LogP) is 2.80. The smallest absolute Gasteiger partial charge is 0.162 e. The number of nitrogens with zero attached hydrogens (tertiary/aromatic N) is 1. The summed E-state index contributed by atoms with van der Waals surface area (Å²) in [6.45, 7) is 1.00. The summed E-state index contributed by atoms with van der Waals surface area (Å²) in [5.74, 6) is 0.0700. The molecule has 0 saturated heterocycles. The Morgan fingerprint density at radius 2 is 1.83 bits per heavy atom. The van der Waals surface area contributed by atoms with E-state index in [-0.39, 0.29) is 5.56 Å². The van der Waals surface area contributed by atoms with E-state index >= 15 is 0 Å². The molecule has 4 rings (SSSR count). The number of ether oxygens (including phenoxy) is 2. The maximum atomic E-state index is 11.5. The van der Waals surface area contributed by atoms with Gasteiger partial charge in [-0.1, -0.05) is 15.9 Å². The van der Waals surface area contributed by atoms with Crippen molar-refractivity contribution in [1.82, 2.24) is 4.98 Å². The molecular weight excluding hydrogens is 374 g/mol. The minimum Gasteiger partial charge on any atom is -0.545 e. The molecule has 0 aliphatic carbocycles. The molecule has 0 radical (unpaired) electrons. The molecule has 2 aromatic carbocycles. The molecule has 0 N–H and O–H groups in total.